The zero-order valence-corrected chi connectivity index (χ0v) is 10.2. The average Bonchev–Trinajstić information content (AvgIpc) is 2.76. The van der Waals surface area contributed by atoms with Gasteiger partial charge in [-0.1, -0.05) is 0 Å². The molecular weight excluding hydrogens is 222 g/mol. The van der Waals surface area contributed by atoms with Crippen LogP contribution in [-0.4, -0.2) is 47.7 Å². The fraction of sp³-hybridized carbons (Fsp3) is 0.727. The molecule has 0 aromatic heterocycles. The zero-order valence-electron chi connectivity index (χ0n) is 10.2. The predicted molar refractivity (Wildman–Crippen MR) is 62.1 cm³/mol. The summed E-state index contributed by atoms with van der Waals surface area (Å²) in [6.07, 6.45) is 1.42. The smallest absolute Gasteiger partial charge is 0.243 e. The Kier molecular flexibility index (Phi) is 4.62. The van der Waals surface area contributed by atoms with Crippen LogP contribution in [0.3, 0.4) is 0 Å². The minimum atomic E-state index is -0.516. The standard InChI is InChI=1S/C11H19N3O3/c1-7(8(2)15)13-11(17)9-4-3-5-14(9)10(16)6-12/h7,9H,3-6,12H2,1-2H3,(H,13,17)/t7-,9-/m0/s1. The lowest BCUT2D eigenvalue weighted by Crippen LogP contribution is -2.50. The number of likely N-dealkylation sites (tertiary alicyclic amines) is 1. The van der Waals surface area contributed by atoms with Crippen molar-refractivity contribution in [2.45, 2.75) is 38.8 Å². The SMILES string of the molecule is CC(=O)[C@H](C)NC(=O)[C@@H]1CCCN1C(=O)CN. The highest BCUT2D eigenvalue weighted by molar-refractivity contribution is 5.92. The van der Waals surface area contributed by atoms with Crippen molar-refractivity contribution in [3.05, 3.63) is 0 Å². The van der Waals surface area contributed by atoms with Crippen LogP contribution in [0.15, 0.2) is 0 Å². The molecule has 6 nitrogen and oxygen atoms in total. The number of rotatable bonds is 4. The number of nitrogens with two attached hydrogens (primary N) is 1. The molecule has 17 heavy (non-hydrogen) atoms. The molecule has 0 bridgehead atoms. The lowest BCUT2D eigenvalue weighted by Gasteiger charge is -2.24. The molecule has 96 valence electrons. The van der Waals surface area contributed by atoms with Crippen molar-refractivity contribution in [2.75, 3.05) is 13.1 Å². The maximum absolute atomic E-state index is 11.9. The van der Waals surface area contributed by atoms with Crippen molar-refractivity contribution in [3.63, 3.8) is 0 Å². The second kappa shape index (κ2) is 5.77. The van der Waals surface area contributed by atoms with Crippen LogP contribution in [0.25, 0.3) is 0 Å². The van der Waals surface area contributed by atoms with E-state index in [9.17, 15) is 14.4 Å². The van der Waals surface area contributed by atoms with Gasteiger partial charge in [0.25, 0.3) is 0 Å². The van der Waals surface area contributed by atoms with Crippen molar-refractivity contribution < 1.29 is 14.4 Å². The average molecular weight is 241 g/mol. The highest BCUT2D eigenvalue weighted by atomic mass is 16.2. The molecule has 0 aliphatic carbocycles. The van der Waals surface area contributed by atoms with Crippen molar-refractivity contribution in [1.82, 2.24) is 10.2 Å². The first-order valence-corrected chi connectivity index (χ1v) is 5.77. The monoisotopic (exact) mass is 241 g/mol. The number of nitrogens with one attached hydrogen (secondary N) is 1. The van der Waals surface area contributed by atoms with E-state index in [1.807, 2.05) is 0 Å². The highest BCUT2D eigenvalue weighted by Gasteiger charge is 2.34. The van der Waals surface area contributed by atoms with Crippen LogP contribution in [0.4, 0.5) is 0 Å². The van der Waals surface area contributed by atoms with E-state index in [2.05, 4.69) is 5.32 Å². The minimum absolute atomic E-state index is 0.0912. The summed E-state index contributed by atoms with van der Waals surface area (Å²) in [6.45, 7) is 3.52. The number of hydrogen-bond acceptors (Lipinski definition) is 4. The molecule has 0 unspecified atom stereocenters. The first kappa shape index (κ1) is 13.6. The molecule has 0 aromatic carbocycles. The first-order valence-electron chi connectivity index (χ1n) is 5.77. The Morgan fingerprint density at radius 3 is 2.65 bits per heavy atom. The van der Waals surface area contributed by atoms with E-state index in [4.69, 9.17) is 5.73 Å². The fourth-order valence-electron chi connectivity index (χ4n) is 1.87. The lowest BCUT2D eigenvalue weighted by atomic mass is 10.1. The highest BCUT2D eigenvalue weighted by Crippen LogP contribution is 2.17. The van der Waals surface area contributed by atoms with Gasteiger partial charge in [0.1, 0.15) is 6.04 Å². The van der Waals surface area contributed by atoms with Crippen LogP contribution in [0.1, 0.15) is 26.7 Å². The third-order valence-electron chi connectivity index (χ3n) is 3.02. The number of carbonyl (C=O) groups is 3. The van der Waals surface area contributed by atoms with E-state index >= 15 is 0 Å². The molecule has 1 rings (SSSR count). The molecule has 6 heteroatoms. The van der Waals surface area contributed by atoms with E-state index in [-0.39, 0.29) is 24.1 Å². The minimum Gasteiger partial charge on any atom is -0.345 e. The molecule has 3 N–H and O–H groups in total. The second-order valence-electron chi connectivity index (χ2n) is 4.29. The zero-order chi connectivity index (χ0) is 13.0. The van der Waals surface area contributed by atoms with Gasteiger partial charge in [0.15, 0.2) is 5.78 Å². The van der Waals surface area contributed by atoms with E-state index in [1.165, 1.54) is 11.8 Å². The van der Waals surface area contributed by atoms with E-state index < -0.39 is 12.1 Å². The van der Waals surface area contributed by atoms with Gasteiger partial charge in [0.05, 0.1) is 12.6 Å². The van der Waals surface area contributed by atoms with Crippen LogP contribution in [0, 0.1) is 0 Å². The molecule has 0 spiro atoms. The molecule has 2 amide bonds. The van der Waals surface area contributed by atoms with Gasteiger partial charge >= 0.3 is 0 Å². The maximum atomic E-state index is 11.9. The molecular formula is C11H19N3O3. The van der Waals surface area contributed by atoms with Crippen molar-refractivity contribution in [2.24, 2.45) is 5.73 Å². The van der Waals surface area contributed by atoms with Gasteiger partial charge in [-0.05, 0) is 26.7 Å². The van der Waals surface area contributed by atoms with E-state index in [1.54, 1.807) is 6.92 Å². The number of hydrogen-bond donors (Lipinski definition) is 2. The maximum Gasteiger partial charge on any atom is 0.243 e. The van der Waals surface area contributed by atoms with E-state index in [0.717, 1.165) is 6.42 Å². The first-order chi connectivity index (χ1) is 7.97. The molecule has 1 fully saturated rings. The predicted octanol–water partition coefficient (Wildman–Crippen LogP) is -0.970. The summed E-state index contributed by atoms with van der Waals surface area (Å²) >= 11 is 0. The van der Waals surface area contributed by atoms with Gasteiger partial charge < -0.3 is 16.0 Å². The van der Waals surface area contributed by atoms with E-state index in [0.29, 0.717) is 13.0 Å². The quantitative estimate of drug-likeness (QED) is 0.662. The molecule has 1 aliphatic heterocycles. The Morgan fingerprint density at radius 1 is 1.47 bits per heavy atom. The Morgan fingerprint density at radius 2 is 2.12 bits per heavy atom. The molecule has 0 aromatic rings. The van der Waals surface area contributed by atoms with Crippen LogP contribution in [0.2, 0.25) is 0 Å². The Labute approximate surface area is 101 Å². The van der Waals surface area contributed by atoms with Gasteiger partial charge in [0.2, 0.25) is 11.8 Å². The molecule has 1 saturated heterocycles. The Bertz CT molecular complexity index is 330. The van der Waals surface area contributed by atoms with Crippen LogP contribution >= 0.6 is 0 Å². The van der Waals surface area contributed by atoms with Gasteiger partial charge in [-0.2, -0.15) is 0 Å². The number of nitrogens with zero attached hydrogens (tertiary/aromatic N) is 1. The summed E-state index contributed by atoms with van der Waals surface area (Å²) in [5.74, 6) is -0.599. The summed E-state index contributed by atoms with van der Waals surface area (Å²) in [4.78, 5) is 35.9. The normalized spacial score (nSPS) is 21.1. The number of amides is 2. The molecule has 1 aliphatic rings. The Balaban J connectivity index is 2.62. The van der Waals surface area contributed by atoms with Crippen molar-refractivity contribution in [1.29, 1.82) is 0 Å². The van der Waals surface area contributed by atoms with Crippen LogP contribution in [-0.2, 0) is 14.4 Å². The van der Waals surface area contributed by atoms with Crippen molar-refractivity contribution >= 4 is 17.6 Å². The molecule has 0 radical (unpaired) electrons. The van der Waals surface area contributed by atoms with Gasteiger partial charge in [0, 0.05) is 6.54 Å². The number of carbonyl (C=O) groups excluding carboxylic acids is 3. The van der Waals surface area contributed by atoms with Gasteiger partial charge in [-0.3, -0.25) is 14.4 Å². The van der Waals surface area contributed by atoms with Crippen LogP contribution in [0.5, 0.6) is 0 Å². The lowest BCUT2D eigenvalue weighted by molar-refractivity contribution is -0.138. The summed E-state index contributed by atoms with van der Waals surface area (Å²) in [7, 11) is 0. The number of Topliss-reactive ketones (excluding diaryl/α,β-unsaturated/α-hetero) is 1. The van der Waals surface area contributed by atoms with Gasteiger partial charge in [-0.15, -0.1) is 0 Å². The largest absolute Gasteiger partial charge is 0.345 e. The fourth-order valence-corrected chi connectivity index (χ4v) is 1.87. The van der Waals surface area contributed by atoms with Crippen molar-refractivity contribution in [3.8, 4) is 0 Å². The summed E-state index contributed by atoms with van der Waals surface area (Å²) < 4.78 is 0. The third-order valence-corrected chi connectivity index (χ3v) is 3.02. The Hall–Kier alpha value is -1.43. The summed E-state index contributed by atoms with van der Waals surface area (Å²) in [6, 6.07) is -0.995. The number of ketones is 1. The molecule has 2 atom stereocenters. The van der Waals surface area contributed by atoms with Crippen LogP contribution < -0.4 is 11.1 Å². The third kappa shape index (κ3) is 3.26. The molecule has 0 saturated carbocycles. The topological polar surface area (TPSA) is 92.5 Å². The summed E-state index contributed by atoms with van der Waals surface area (Å²) in [5, 5.41) is 2.61. The summed E-state index contributed by atoms with van der Waals surface area (Å²) in [5.41, 5.74) is 5.29. The van der Waals surface area contributed by atoms with Gasteiger partial charge in [-0.25, -0.2) is 0 Å². The second-order valence-corrected chi connectivity index (χ2v) is 4.29. The molecule has 1 heterocycles.